The van der Waals surface area contributed by atoms with Crippen LogP contribution < -0.4 is 10.2 Å². The van der Waals surface area contributed by atoms with E-state index in [1.807, 2.05) is 7.05 Å². The van der Waals surface area contributed by atoms with E-state index in [-0.39, 0.29) is 0 Å². The number of hydrogen-bond donors (Lipinski definition) is 1. The number of ether oxygens (including phenoxy) is 1. The molecule has 0 radical (unpaired) electrons. The molecule has 1 N–H and O–H groups in total. The van der Waals surface area contributed by atoms with Crippen molar-refractivity contribution in [1.82, 2.24) is 15.3 Å². The van der Waals surface area contributed by atoms with E-state index in [9.17, 15) is 0 Å². The van der Waals surface area contributed by atoms with Crippen LogP contribution in [0.25, 0.3) is 0 Å². The van der Waals surface area contributed by atoms with E-state index < -0.39 is 0 Å². The maximum absolute atomic E-state index is 5.67. The van der Waals surface area contributed by atoms with Gasteiger partial charge < -0.3 is 15.0 Å². The molecule has 1 aromatic heterocycles. The Morgan fingerprint density at radius 1 is 1.42 bits per heavy atom. The summed E-state index contributed by atoms with van der Waals surface area (Å²) in [6, 6.07) is 2.70. The standard InChI is InChI=1S/C14H22N4O/c1-15-11-4-5-18(9-11)14-8-12(16-10-17-14)7-13-3-2-6-19-13/h8,10-11,13,15H,2-7,9H2,1H3/t11?,13-/m1/s1. The van der Waals surface area contributed by atoms with Gasteiger partial charge in [-0.2, -0.15) is 0 Å². The van der Waals surface area contributed by atoms with Gasteiger partial charge in [0.05, 0.1) is 6.10 Å². The van der Waals surface area contributed by atoms with Gasteiger partial charge in [-0.3, -0.25) is 0 Å². The molecule has 1 aromatic rings. The quantitative estimate of drug-likeness (QED) is 0.877. The summed E-state index contributed by atoms with van der Waals surface area (Å²) >= 11 is 0. The van der Waals surface area contributed by atoms with Crippen molar-refractivity contribution in [1.29, 1.82) is 0 Å². The lowest BCUT2D eigenvalue weighted by Crippen LogP contribution is -2.30. The molecule has 2 fully saturated rings. The molecular formula is C14H22N4O. The molecule has 0 aromatic carbocycles. The zero-order valence-corrected chi connectivity index (χ0v) is 11.5. The molecule has 2 aliphatic heterocycles. The molecule has 5 nitrogen and oxygen atoms in total. The van der Waals surface area contributed by atoms with Gasteiger partial charge in [0.2, 0.25) is 0 Å². The SMILES string of the molecule is CNC1CCN(c2cc(C[C@H]3CCCO3)ncn2)C1. The van der Waals surface area contributed by atoms with E-state index >= 15 is 0 Å². The number of aromatic nitrogens is 2. The summed E-state index contributed by atoms with van der Waals surface area (Å²) in [6.45, 7) is 3.01. The van der Waals surface area contributed by atoms with Gasteiger partial charge in [-0.25, -0.2) is 9.97 Å². The molecule has 0 saturated carbocycles. The summed E-state index contributed by atoms with van der Waals surface area (Å²) in [5.74, 6) is 1.06. The van der Waals surface area contributed by atoms with Gasteiger partial charge in [-0.05, 0) is 26.3 Å². The number of nitrogens with one attached hydrogen (secondary N) is 1. The molecule has 104 valence electrons. The summed E-state index contributed by atoms with van der Waals surface area (Å²) in [6.07, 6.45) is 6.47. The summed E-state index contributed by atoms with van der Waals surface area (Å²) in [5.41, 5.74) is 1.10. The number of hydrogen-bond acceptors (Lipinski definition) is 5. The van der Waals surface area contributed by atoms with Crippen LogP contribution in [0.5, 0.6) is 0 Å². The zero-order valence-electron chi connectivity index (χ0n) is 11.5. The molecule has 0 amide bonds. The molecule has 2 aliphatic rings. The number of nitrogens with zero attached hydrogens (tertiary/aromatic N) is 3. The first kappa shape index (κ1) is 12.8. The van der Waals surface area contributed by atoms with Gasteiger partial charge in [-0.15, -0.1) is 0 Å². The maximum atomic E-state index is 5.67. The molecular weight excluding hydrogens is 240 g/mol. The fourth-order valence-corrected chi connectivity index (χ4v) is 2.91. The molecule has 2 atom stereocenters. The van der Waals surface area contributed by atoms with Crippen molar-refractivity contribution in [2.45, 2.75) is 37.8 Å². The molecule has 0 spiro atoms. The average molecular weight is 262 g/mol. The minimum atomic E-state index is 0.353. The first-order valence-electron chi connectivity index (χ1n) is 7.20. The Morgan fingerprint density at radius 2 is 2.37 bits per heavy atom. The minimum absolute atomic E-state index is 0.353. The smallest absolute Gasteiger partial charge is 0.132 e. The van der Waals surface area contributed by atoms with Crippen molar-refractivity contribution in [2.24, 2.45) is 0 Å². The van der Waals surface area contributed by atoms with Crippen LogP contribution >= 0.6 is 0 Å². The lowest BCUT2D eigenvalue weighted by Gasteiger charge is -2.18. The van der Waals surface area contributed by atoms with Crippen molar-refractivity contribution < 1.29 is 4.74 Å². The van der Waals surface area contributed by atoms with Gasteiger partial charge in [0.1, 0.15) is 12.1 Å². The zero-order chi connectivity index (χ0) is 13.1. The van der Waals surface area contributed by atoms with E-state index in [1.54, 1.807) is 6.33 Å². The fraction of sp³-hybridized carbons (Fsp3) is 0.714. The fourth-order valence-electron chi connectivity index (χ4n) is 2.91. The summed E-state index contributed by atoms with van der Waals surface area (Å²) in [7, 11) is 2.02. The van der Waals surface area contributed by atoms with Crippen LogP contribution in [0.4, 0.5) is 5.82 Å². The monoisotopic (exact) mass is 262 g/mol. The highest BCUT2D eigenvalue weighted by molar-refractivity contribution is 5.40. The molecule has 3 heterocycles. The Labute approximate surface area is 114 Å². The van der Waals surface area contributed by atoms with Gasteiger partial charge in [0.25, 0.3) is 0 Å². The Bertz CT molecular complexity index is 420. The highest BCUT2D eigenvalue weighted by Crippen LogP contribution is 2.21. The lowest BCUT2D eigenvalue weighted by molar-refractivity contribution is 0.110. The predicted octanol–water partition coefficient (Wildman–Crippen LogP) is 0.996. The second-order valence-electron chi connectivity index (χ2n) is 5.43. The van der Waals surface area contributed by atoms with Crippen molar-refractivity contribution in [3.8, 4) is 0 Å². The number of anilines is 1. The largest absolute Gasteiger partial charge is 0.378 e. The Kier molecular flexibility index (Phi) is 3.94. The van der Waals surface area contributed by atoms with Gasteiger partial charge in [-0.1, -0.05) is 0 Å². The highest BCUT2D eigenvalue weighted by atomic mass is 16.5. The minimum Gasteiger partial charge on any atom is -0.378 e. The first-order chi connectivity index (χ1) is 9.35. The van der Waals surface area contributed by atoms with Gasteiger partial charge >= 0.3 is 0 Å². The molecule has 3 rings (SSSR count). The lowest BCUT2D eigenvalue weighted by atomic mass is 10.1. The second kappa shape index (κ2) is 5.84. The third-order valence-electron chi connectivity index (χ3n) is 4.09. The molecule has 19 heavy (non-hydrogen) atoms. The van der Waals surface area contributed by atoms with Crippen LogP contribution in [0.1, 0.15) is 25.0 Å². The molecule has 0 aliphatic carbocycles. The number of likely N-dealkylation sites (N-methyl/N-ethyl adjacent to an activating group) is 1. The molecule has 2 saturated heterocycles. The average Bonchev–Trinajstić information content (AvgIpc) is 3.09. The van der Waals surface area contributed by atoms with Crippen LogP contribution in [-0.4, -0.2) is 48.9 Å². The summed E-state index contributed by atoms with van der Waals surface area (Å²) in [4.78, 5) is 11.1. The molecule has 1 unspecified atom stereocenters. The van der Waals surface area contributed by atoms with E-state index in [0.29, 0.717) is 12.1 Å². The first-order valence-corrected chi connectivity index (χ1v) is 7.20. The molecule has 0 bridgehead atoms. The Morgan fingerprint density at radius 3 is 3.11 bits per heavy atom. The van der Waals surface area contributed by atoms with Crippen LogP contribution in [0, 0.1) is 0 Å². The third kappa shape index (κ3) is 3.04. The topological polar surface area (TPSA) is 50.3 Å². The van der Waals surface area contributed by atoms with Crippen LogP contribution in [0.2, 0.25) is 0 Å². The highest BCUT2D eigenvalue weighted by Gasteiger charge is 2.23. The summed E-state index contributed by atoms with van der Waals surface area (Å²) in [5, 5.41) is 3.33. The van der Waals surface area contributed by atoms with Crippen LogP contribution in [0.3, 0.4) is 0 Å². The van der Waals surface area contributed by atoms with Crippen LogP contribution in [-0.2, 0) is 11.2 Å². The maximum Gasteiger partial charge on any atom is 0.132 e. The van der Waals surface area contributed by atoms with Crippen molar-refractivity contribution >= 4 is 5.82 Å². The Hall–Kier alpha value is -1.20. The van der Waals surface area contributed by atoms with Crippen molar-refractivity contribution in [3.05, 3.63) is 18.1 Å². The second-order valence-corrected chi connectivity index (χ2v) is 5.43. The van der Waals surface area contributed by atoms with E-state index in [0.717, 1.165) is 44.0 Å². The third-order valence-corrected chi connectivity index (χ3v) is 4.09. The Balaban J connectivity index is 1.65. The van der Waals surface area contributed by atoms with Gasteiger partial charge in [0.15, 0.2) is 0 Å². The predicted molar refractivity (Wildman–Crippen MR) is 74.4 cm³/mol. The number of rotatable bonds is 4. The van der Waals surface area contributed by atoms with Gasteiger partial charge in [0, 0.05) is 43.9 Å². The van der Waals surface area contributed by atoms with E-state index in [4.69, 9.17) is 4.74 Å². The van der Waals surface area contributed by atoms with E-state index in [1.165, 1.54) is 12.8 Å². The normalized spacial score (nSPS) is 27.1. The van der Waals surface area contributed by atoms with Crippen molar-refractivity contribution in [2.75, 3.05) is 31.6 Å². The van der Waals surface area contributed by atoms with E-state index in [2.05, 4.69) is 26.3 Å². The van der Waals surface area contributed by atoms with Crippen LogP contribution in [0.15, 0.2) is 12.4 Å². The summed E-state index contributed by atoms with van der Waals surface area (Å²) < 4.78 is 5.67. The molecule has 5 heteroatoms. The van der Waals surface area contributed by atoms with Crippen molar-refractivity contribution in [3.63, 3.8) is 0 Å².